The molecular weight excluding hydrogens is 231 g/mol. The van der Waals surface area contributed by atoms with E-state index in [2.05, 4.69) is 0 Å². The van der Waals surface area contributed by atoms with Crippen molar-refractivity contribution in [2.45, 2.75) is 39.9 Å². The van der Waals surface area contributed by atoms with Gasteiger partial charge in [-0.15, -0.1) is 0 Å². The predicted molar refractivity (Wildman–Crippen MR) is 62.6 cm³/mol. The fraction of sp³-hybridized carbons (Fsp3) is 1.00. The zero-order valence-corrected chi connectivity index (χ0v) is 11.3. The summed E-state index contributed by atoms with van der Waals surface area (Å²) in [5.41, 5.74) is 0. The summed E-state index contributed by atoms with van der Waals surface area (Å²) in [5, 5.41) is 18.8. The monoisotopic (exact) mass is 254 g/mol. The minimum absolute atomic E-state index is 0.00671. The third-order valence-corrected chi connectivity index (χ3v) is 3.09. The van der Waals surface area contributed by atoms with Crippen molar-refractivity contribution in [3.63, 3.8) is 0 Å². The van der Waals surface area contributed by atoms with Crippen molar-refractivity contribution in [1.29, 1.82) is 0 Å². The molecule has 98 valence electrons. The van der Waals surface area contributed by atoms with E-state index in [9.17, 15) is 14.8 Å². The molecule has 0 fully saturated rings. The summed E-state index contributed by atoms with van der Waals surface area (Å²) in [6.07, 6.45) is -1.29. The number of aliphatic hydroxyl groups is 2. The minimum atomic E-state index is -2.62. The molecule has 0 radical (unpaired) electrons. The van der Waals surface area contributed by atoms with E-state index in [1.165, 1.54) is 0 Å². The van der Waals surface area contributed by atoms with Crippen molar-refractivity contribution in [2.75, 3.05) is 13.2 Å². The number of hydrogen-bond acceptors (Lipinski definition) is 5. The topological polar surface area (TPSA) is 76.0 Å². The molecule has 2 atom stereocenters. The lowest BCUT2D eigenvalue weighted by atomic mass is 10.1. The Hall–Kier alpha value is 0.0700. The smallest absolute Gasteiger partial charge is 0.319 e. The van der Waals surface area contributed by atoms with Gasteiger partial charge in [0.25, 0.3) is 0 Å². The van der Waals surface area contributed by atoms with E-state index in [-0.39, 0.29) is 25.0 Å². The first-order chi connectivity index (χ1) is 7.34. The Balaban J connectivity index is 3.67. The van der Waals surface area contributed by atoms with E-state index in [0.29, 0.717) is 0 Å². The molecule has 0 rings (SSSR count). The molecule has 0 spiro atoms. The van der Waals surface area contributed by atoms with Gasteiger partial charge in [0, 0.05) is 0 Å². The second-order valence-electron chi connectivity index (χ2n) is 4.49. The van der Waals surface area contributed by atoms with Gasteiger partial charge < -0.3 is 19.3 Å². The van der Waals surface area contributed by atoms with Gasteiger partial charge in [-0.25, -0.2) is 0 Å². The molecule has 0 saturated carbocycles. The van der Waals surface area contributed by atoms with Gasteiger partial charge >= 0.3 is 8.25 Å². The van der Waals surface area contributed by atoms with Crippen LogP contribution in [0.5, 0.6) is 0 Å². The first-order valence-corrected chi connectivity index (χ1v) is 6.72. The van der Waals surface area contributed by atoms with Gasteiger partial charge in [0.05, 0.1) is 25.4 Å². The fourth-order valence-corrected chi connectivity index (χ4v) is 1.43. The highest BCUT2D eigenvalue weighted by Crippen LogP contribution is 2.25. The van der Waals surface area contributed by atoms with Crippen LogP contribution < -0.4 is 0 Å². The van der Waals surface area contributed by atoms with Crippen molar-refractivity contribution in [1.82, 2.24) is 0 Å². The SMILES string of the molecule is CC(C)C(O)CO[PH](=O)OCC(O)C(C)C. The zero-order valence-electron chi connectivity index (χ0n) is 10.3. The largest absolute Gasteiger partial charge is 0.390 e. The van der Waals surface area contributed by atoms with Gasteiger partial charge in [-0.3, -0.25) is 4.57 Å². The molecular formula is C10H23O5P. The molecule has 0 aromatic carbocycles. The van der Waals surface area contributed by atoms with Crippen LogP contribution in [0.4, 0.5) is 0 Å². The van der Waals surface area contributed by atoms with Gasteiger partial charge in [0.2, 0.25) is 0 Å². The Morgan fingerprint density at radius 1 is 0.938 bits per heavy atom. The fourth-order valence-electron chi connectivity index (χ4n) is 0.733. The van der Waals surface area contributed by atoms with Gasteiger partial charge in [-0.05, 0) is 11.8 Å². The molecule has 5 nitrogen and oxygen atoms in total. The molecule has 0 heterocycles. The van der Waals surface area contributed by atoms with Crippen molar-refractivity contribution < 1.29 is 23.8 Å². The standard InChI is InChI=1S/C10H23O5P/c1-7(2)9(11)5-14-16(13)15-6-10(12)8(3)4/h7-12,16H,5-6H2,1-4H3. The van der Waals surface area contributed by atoms with E-state index in [0.717, 1.165) is 0 Å². The molecule has 0 aliphatic carbocycles. The van der Waals surface area contributed by atoms with Crippen LogP contribution in [0.3, 0.4) is 0 Å². The van der Waals surface area contributed by atoms with Crippen LogP contribution in [-0.4, -0.2) is 35.6 Å². The van der Waals surface area contributed by atoms with Crippen LogP contribution in [0.15, 0.2) is 0 Å². The first kappa shape index (κ1) is 16.1. The Bertz CT molecular complexity index is 187. The minimum Gasteiger partial charge on any atom is -0.390 e. The zero-order chi connectivity index (χ0) is 12.7. The Labute approximate surface area is 97.7 Å². The summed E-state index contributed by atoms with van der Waals surface area (Å²) in [7, 11) is -2.62. The van der Waals surface area contributed by atoms with E-state index in [1.807, 2.05) is 27.7 Å². The predicted octanol–water partition coefficient (Wildman–Crippen LogP) is 1.44. The first-order valence-electron chi connectivity index (χ1n) is 5.50. The van der Waals surface area contributed by atoms with E-state index in [1.54, 1.807) is 0 Å². The highest BCUT2D eigenvalue weighted by Gasteiger charge is 2.14. The average Bonchev–Trinajstić information content (AvgIpc) is 2.21. The normalized spacial score (nSPS) is 17.8. The summed E-state index contributed by atoms with van der Waals surface area (Å²) in [5.74, 6) is 0.104. The molecule has 16 heavy (non-hydrogen) atoms. The van der Waals surface area contributed by atoms with Crippen LogP contribution in [0, 0.1) is 11.8 Å². The van der Waals surface area contributed by atoms with Gasteiger partial charge in [-0.2, -0.15) is 0 Å². The van der Waals surface area contributed by atoms with Crippen molar-refractivity contribution in [3.05, 3.63) is 0 Å². The van der Waals surface area contributed by atoms with Gasteiger partial charge in [0.1, 0.15) is 0 Å². The number of rotatable bonds is 8. The Morgan fingerprint density at radius 2 is 1.25 bits per heavy atom. The van der Waals surface area contributed by atoms with Crippen molar-refractivity contribution in [2.24, 2.45) is 11.8 Å². The second kappa shape index (κ2) is 8.20. The molecule has 2 N–H and O–H groups in total. The summed E-state index contributed by atoms with van der Waals surface area (Å²) >= 11 is 0. The Morgan fingerprint density at radius 3 is 1.50 bits per heavy atom. The van der Waals surface area contributed by atoms with E-state index < -0.39 is 20.5 Å². The molecule has 0 aromatic heterocycles. The molecule has 0 bridgehead atoms. The molecule has 6 heteroatoms. The van der Waals surface area contributed by atoms with Crippen molar-refractivity contribution >= 4 is 8.25 Å². The van der Waals surface area contributed by atoms with Gasteiger partial charge in [0.15, 0.2) is 0 Å². The number of hydrogen-bond donors (Lipinski definition) is 2. The maximum atomic E-state index is 11.2. The third kappa shape index (κ3) is 7.36. The lowest BCUT2D eigenvalue weighted by molar-refractivity contribution is 0.0456. The third-order valence-electron chi connectivity index (χ3n) is 2.28. The molecule has 0 aliphatic rings. The van der Waals surface area contributed by atoms with Crippen molar-refractivity contribution in [3.8, 4) is 0 Å². The molecule has 2 unspecified atom stereocenters. The molecule has 0 amide bonds. The molecule has 0 aliphatic heterocycles. The van der Waals surface area contributed by atoms with E-state index in [4.69, 9.17) is 9.05 Å². The lowest BCUT2D eigenvalue weighted by Crippen LogP contribution is -2.21. The quantitative estimate of drug-likeness (QED) is 0.641. The lowest BCUT2D eigenvalue weighted by Gasteiger charge is -2.16. The maximum Gasteiger partial charge on any atom is 0.319 e. The van der Waals surface area contributed by atoms with Crippen LogP contribution in [-0.2, 0) is 13.6 Å². The second-order valence-corrected chi connectivity index (χ2v) is 5.57. The molecule has 0 saturated heterocycles. The summed E-state index contributed by atoms with van der Waals surface area (Å²) in [4.78, 5) is 0. The maximum absolute atomic E-state index is 11.2. The van der Waals surface area contributed by atoms with E-state index >= 15 is 0 Å². The van der Waals surface area contributed by atoms with Crippen LogP contribution >= 0.6 is 8.25 Å². The summed E-state index contributed by atoms with van der Waals surface area (Å²) in [6, 6.07) is 0. The van der Waals surface area contributed by atoms with Crippen LogP contribution in [0.25, 0.3) is 0 Å². The molecule has 0 aromatic rings. The van der Waals surface area contributed by atoms with Crippen LogP contribution in [0.2, 0.25) is 0 Å². The Kier molecular flexibility index (Phi) is 8.24. The highest BCUT2D eigenvalue weighted by molar-refractivity contribution is 7.33. The summed E-state index contributed by atoms with van der Waals surface area (Å²) in [6.45, 7) is 7.35. The summed E-state index contributed by atoms with van der Waals surface area (Å²) < 4.78 is 20.9. The number of aliphatic hydroxyl groups excluding tert-OH is 2. The highest BCUT2D eigenvalue weighted by atomic mass is 31.1. The van der Waals surface area contributed by atoms with Gasteiger partial charge in [-0.1, -0.05) is 27.7 Å². The van der Waals surface area contributed by atoms with Crippen LogP contribution in [0.1, 0.15) is 27.7 Å². The average molecular weight is 254 g/mol.